The third-order valence-corrected chi connectivity index (χ3v) is 6.22. The summed E-state index contributed by atoms with van der Waals surface area (Å²) in [5, 5.41) is 4.23. The molecule has 138 valence electrons. The number of anilines is 2. The predicted octanol–water partition coefficient (Wildman–Crippen LogP) is 3.39. The van der Waals surface area contributed by atoms with Gasteiger partial charge in [-0.1, -0.05) is 24.3 Å². The Morgan fingerprint density at radius 2 is 1.74 bits per heavy atom. The van der Waals surface area contributed by atoms with E-state index in [0.717, 1.165) is 9.69 Å². The molecule has 6 nitrogen and oxygen atoms in total. The van der Waals surface area contributed by atoms with Gasteiger partial charge in [-0.2, -0.15) is 0 Å². The number of ether oxygens (including phenoxy) is 1. The molecule has 4 rings (SSSR count). The first-order chi connectivity index (χ1) is 13.0. The third kappa shape index (κ3) is 3.00. The van der Waals surface area contributed by atoms with Crippen molar-refractivity contribution in [2.24, 2.45) is 0 Å². The average molecular weight is 382 g/mol. The number of rotatable bonds is 5. The molecule has 7 heteroatoms. The Morgan fingerprint density at radius 3 is 2.44 bits per heavy atom. The fourth-order valence-corrected chi connectivity index (χ4v) is 4.93. The number of nitrogens with zero attached hydrogens (tertiary/aromatic N) is 1. The van der Waals surface area contributed by atoms with Gasteiger partial charge in [-0.3, -0.25) is 9.10 Å². The molecule has 0 bridgehead atoms. The topological polar surface area (TPSA) is 75.7 Å². The Bertz CT molecular complexity index is 1120. The summed E-state index contributed by atoms with van der Waals surface area (Å²) >= 11 is 0. The second-order valence-electron chi connectivity index (χ2n) is 6.15. The largest absolute Gasteiger partial charge is 0.494 e. The highest BCUT2D eigenvalue weighted by Crippen LogP contribution is 2.41. The van der Waals surface area contributed by atoms with E-state index in [2.05, 4.69) is 5.32 Å². The Kier molecular flexibility index (Phi) is 4.24. The number of carbonyl (C=O) groups is 1. The van der Waals surface area contributed by atoms with Crippen LogP contribution in [-0.4, -0.2) is 27.5 Å². The van der Waals surface area contributed by atoms with Crippen LogP contribution in [0.3, 0.4) is 0 Å². The molecule has 0 radical (unpaired) electrons. The minimum absolute atomic E-state index is 0.240. The zero-order valence-electron chi connectivity index (χ0n) is 14.7. The molecule has 3 aromatic carbocycles. The van der Waals surface area contributed by atoms with Crippen molar-refractivity contribution in [1.29, 1.82) is 0 Å². The van der Waals surface area contributed by atoms with Crippen LogP contribution in [0.15, 0.2) is 65.6 Å². The fourth-order valence-electron chi connectivity index (χ4n) is 3.26. The number of hydrogen-bond donors (Lipinski definition) is 1. The van der Waals surface area contributed by atoms with Crippen LogP contribution in [0.5, 0.6) is 5.75 Å². The molecular formula is C20H18N2O4S. The van der Waals surface area contributed by atoms with Crippen molar-refractivity contribution in [1.82, 2.24) is 0 Å². The highest BCUT2D eigenvalue weighted by molar-refractivity contribution is 7.93. The molecule has 3 aromatic rings. The quantitative estimate of drug-likeness (QED) is 0.734. The number of carbonyl (C=O) groups excluding carboxylic acids is 1. The summed E-state index contributed by atoms with van der Waals surface area (Å²) < 4.78 is 32.3. The molecule has 0 unspecified atom stereocenters. The summed E-state index contributed by atoms with van der Waals surface area (Å²) in [6, 6.07) is 17.5. The maximum atomic E-state index is 12.9. The van der Waals surface area contributed by atoms with Gasteiger partial charge in [0.15, 0.2) is 0 Å². The van der Waals surface area contributed by atoms with Crippen molar-refractivity contribution in [3.63, 3.8) is 0 Å². The number of amides is 1. The van der Waals surface area contributed by atoms with Crippen LogP contribution in [0.1, 0.15) is 6.92 Å². The maximum absolute atomic E-state index is 12.9. The summed E-state index contributed by atoms with van der Waals surface area (Å²) in [4.78, 5) is 12.7. The van der Waals surface area contributed by atoms with Gasteiger partial charge in [0.2, 0.25) is 5.91 Å². The number of sulfonamides is 1. The lowest BCUT2D eigenvalue weighted by molar-refractivity contribution is -0.114. The SMILES string of the molecule is CCOc1ccc(NC(=O)CN2c3cccc4cccc(c34)S2(=O)=O)cc1. The lowest BCUT2D eigenvalue weighted by Crippen LogP contribution is -2.35. The molecule has 0 saturated carbocycles. The van der Waals surface area contributed by atoms with E-state index in [-0.39, 0.29) is 11.4 Å². The van der Waals surface area contributed by atoms with Crippen molar-refractivity contribution in [2.45, 2.75) is 11.8 Å². The third-order valence-electron chi connectivity index (χ3n) is 4.42. The summed E-state index contributed by atoms with van der Waals surface area (Å²) in [6.07, 6.45) is 0. The molecular weight excluding hydrogens is 364 g/mol. The van der Waals surface area contributed by atoms with Crippen LogP contribution in [0.25, 0.3) is 10.8 Å². The van der Waals surface area contributed by atoms with Crippen molar-refractivity contribution < 1.29 is 17.9 Å². The van der Waals surface area contributed by atoms with Crippen molar-refractivity contribution >= 4 is 38.1 Å². The molecule has 1 N–H and O–H groups in total. The van der Waals surface area contributed by atoms with E-state index in [4.69, 9.17) is 4.74 Å². The second-order valence-corrected chi connectivity index (χ2v) is 7.98. The Hall–Kier alpha value is -3.06. The van der Waals surface area contributed by atoms with E-state index in [1.54, 1.807) is 48.5 Å². The minimum Gasteiger partial charge on any atom is -0.494 e. The van der Waals surface area contributed by atoms with E-state index < -0.39 is 15.9 Å². The van der Waals surface area contributed by atoms with Crippen molar-refractivity contribution in [3.8, 4) is 5.75 Å². The Balaban J connectivity index is 1.58. The number of hydrogen-bond acceptors (Lipinski definition) is 4. The van der Waals surface area contributed by atoms with Gasteiger partial charge in [-0.15, -0.1) is 0 Å². The molecule has 1 heterocycles. The Morgan fingerprint density at radius 1 is 1.04 bits per heavy atom. The van der Waals surface area contributed by atoms with Crippen molar-refractivity contribution in [2.75, 3.05) is 22.8 Å². The highest BCUT2D eigenvalue weighted by Gasteiger charge is 2.36. The smallest absolute Gasteiger partial charge is 0.265 e. The summed E-state index contributed by atoms with van der Waals surface area (Å²) in [5.41, 5.74) is 1.11. The van der Waals surface area contributed by atoms with E-state index in [1.165, 1.54) is 0 Å². The van der Waals surface area contributed by atoms with E-state index in [0.29, 0.717) is 29.1 Å². The van der Waals surface area contributed by atoms with Gasteiger partial charge < -0.3 is 10.1 Å². The fraction of sp³-hybridized carbons (Fsp3) is 0.150. The summed E-state index contributed by atoms with van der Waals surface area (Å²) in [7, 11) is -3.75. The molecule has 0 saturated heterocycles. The molecule has 1 aliphatic rings. The van der Waals surface area contributed by atoms with Crippen molar-refractivity contribution in [3.05, 3.63) is 60.7 Å². The number of nitrogens with one attached hydrogen (secondary N) is 1. The zero-order valence-corrected chi connectivity index (χ0v) is 15.5. The molecule has 0 spiro atoms. The van der Waals surface area contributed by atoms with Gasteiger partial charge >= 0.3 is 0 Å². The highest BCUT2D eigenvalue weighted by atomic mass is 32.2. The molecule has 0 aromatic heterocycles. The first-order valence-corrected chi connectivity index (χ1v) is 10.0. The lowest BCUT2D eigenvalue weighted by atomic mass is 10.1. The summed E-state index contributed by atoms with van der Waals surface area (Å²) in [6.45, 7) is 2.17. The van der Waals surface area contributed by atoms with Crippen LogP contribution in [-0.2, 0) is 14.8 Å². The van der Waals surface area contributed by atoms with Gasteiger partial charge in [-0.05, 0) is 48.7 Å². The minimum atomic E-state index is -3.75. The van der Waals surface area contributed by atoms with Gasteiger partial charge in [0, 0.05) is 11.1 Å². The normalized spacial score (nSPS) is 14.3. The first-order valence-electron chi connectivity index (χ1n) is 8.58. The molecule has 0 atom stereocenters. The van der Waals surface area contributed by atoms with Gasteiger partial charge in [0.05, 0.1) is 17.2 Å². The molecule has 0 aliphatic carbocycles. The van der Waals surface area contributed by atoms with E-state index in [1.807, 2.05) is 19.1 Å². The zero-order chi connectivity index (χ0) is 19.0. The number of benzene rings is 3. The van der Waals surface area contributed by atoms with Crippen LogP contribution in [0, 0.1) is 0 Å². The van der Waals surface area contributed by atoms with Gasteiger partial charge in [0.1, 0.15) is 12.3 Å². The lowest BCUT2D eigenvalue weighted by Gasteiger charge is -2.18. The van der Waals surface area contributed by atoms with E-state index >= 15 is 0 Å². The summed E-state index contributed by atoms with van der Waals surface area (Å²) in [5.74, 6) is 0.298. The molecule has 1 aliphatic heterocycles. The average Bonchev–Trinajstić information content (AvgIpc) is 2.87. The van der Waals surface area contributed by atoms with Crippen LogP contribution in [0.4, 0.5) is 11.4 Å². The van der Waals surface area contributed by atoms with Crippen LogP contribution >= 0.6 is 0 Å². The van der Waals surface area contributed by atoms with Crippen LogP contribution in [0.2, 0.25) is 0 Å². The van der Waals surface area contributed by atoms with Crippen LogP contribution < -0.4 is 14.4 Å². The predicted molar refractivity (Wildman–Crippen MR) is 105 cm³/mol. The molecule has 1 amide bonds. The standard InChI is InChI=1S/C20H18N2O4S/c1-2-26-16-11-9-15(10-12-16)21-19(23)13-22-17-7-3-5-14-6-4-8-18(20(14)17)27(22,24)25/h3-12H,2,13H2,1H3,(H,21,23). The van der Waals surface area contributed by atoms with E-state index in [9.17, 15) is 13.2 Å². The molecule has 27 heavy (non-hydrogen) atoms. The van der Waals surface area contributed by atoms with Gasteiger partial charge in [0.25, 0.3) is 10.0 Å². The first kappa shape index (κ1) is 17.4. The second kappa shape index (κ2) is 6.59. The van der Waals surface area contributed by atoms with Gasteiger partial charge in [-0.25, -0.2) is 8.42 Å². The Labute approximate surface area is 157 Å². The maximum Gasteiger partial charge on any atom is 0.265 e. The monoisotopic (exact) mass is 382 g/mol. The molecule has 0 fully saturated rings.